The number of nitrogens with zero attached hydrogens (tertiary/aromatic N) is 1. The first-order valence-corrected chi connectivity index (χ1v) is 11.7. The Labute approximate surface area is 182 Å². The summed E-state index contributed by atoms with van der Waals surface area (Å²) in [4.78, 5) is 26.7. The van der Waals surface area contributed by atoms with E-state index in [4.69, 9.17) is 9.47 Å². The molecule has 1 saturated heterocycles. The second kappa shape index (κ2) is 9.78. The Morgan fingerprint density at radius 1 is 1.10 bits per heavy atom. The third-order valence-corrected chi connectivity index (χ3v) is 6.97. The van der Waals surface area contributed by atoms with Crippen molar-refractivity contribution >= 4 is 33.4 Å². The summed E-state index contributed by atoms with van der Waals surface area (Å²) in [5.74, 6) is -0.499. The van der Waals surface area contributed by atoms with Gasteiger partial charge in [0.25, 0.3) is 5.91 Å². The number of rotatable bonds is 7. The number of para-hydroxylation sites is 1. The van der Waals surface area contributed by atoms with Gasteiger partial charge in [-0.05, 0) is 24.1 Å². The van der Waals surface area contributed by atoms with Gasteiger partial charge >= 0.3 is 5.97 Å². The highest BCUT2D eigenvalue weighted by Crippen LogP contribution is 2.25. The van der Waals surface area contributed by atoms with E-state index in [0.717, 1.165) is 0 Å². The Morgan fingerprint density at radius 2 is 1.77 bits per heavy atom. The fourth-order valence-corrected chi connectivity index (χ4v) is 5.18. The van der Waals surface area contributed by atoms with Crippen LogP contribution in [-0.2, 0) is 24.2 Å². The zero-order valence-electron chi connectivity index (χ0n) is 17.5. The monoisotopic (exact) mass is 443 g/mol. The van der Waals surface area contributed by atoms with Crippen molar-refractivity contribution in [1.29, 1.82) is 0 Å². The van der Waals surface area contributed by atoms with Crippen LogP contribution >= 0.6 is 0 Å². The quantitative estimate of drug-likeness (QED) is 0.371. The molecule has 31 heavy (non-hydrogen) atoms. The Hall–Kier alpha value is -3.13. The van der Waals surface area contributed by atoms with Crippen LogP contribution in [0.25, 0.3) is 11.6 Å². The highest BCUT2D eigenvalue weighted by Gasteiger charge is 2.33. The van der Waals surface area contributed by atoms with Crippen molar-refractivity contribution in [3.63, 3.8) is 0 Å². The van der Waals surface area contributed by atoms with E-state index in [-0.39, 0.29) is 17.1 Å². The number of likely N-dealkylation sites (N-methyl/N-ethyl adjacent to an activating group) is 1. The molecule has 0 saturated carbocycles. The maximum atomic E-state index is 12.9. The highest BCUT2D eigenvalue weighted by atomic mass is 32.2. The minimum Gasteiger partial charge on any atom is -0.496 e. The number of esters is 1. The summed E-state index contributed by atoms with van der Waals surface area (Å²) < 4.78 is 34.0. The molecule has 3 rings (SSSR count). The molecule has 164 valence electrons. The van der Waals surface area contributed by atoms with Crippen molar-refractivity contribution in [2.24, 2.45) is 0 Å². The molecule has 0 aromatic heterocycles. The van der Waals surface area contributed by atoms with Crippen molar-refractivity contribution in [1.82, 2.24) is 4.90 Å². The standard InChI is InChI=1S/C23H25NO6S/c1-24(19-12-13-31(27,28)16-19)22(25)15-30-23(26)20(17-8-4-3-5-9-17)14-18-10-6-7-11-21(18)29-2/h3-11,14,19H,12-13,15-16H2,1-2H3. The molecule has 2 aromatic rings. The maximum Gasteiger partial charge on any atom is 0.339 e. The molecule has 0 radical (unpaired) electrons. The molecule has 2 aromatic carbocycles. The summed E-state index contributed by atoms with van der Waals surface area (Å²) in [5.41, 5.74) is 1.62. The van der Waals surface area contributed by atoms with E-state index in [1.165, 1.54) is 11.9 Å². The molecule has 1 fully saturated rings. The minimum absolute atomic E-state index is 0.0633. The molecule has 1 aliphatic rings. The fourth-order valence-electron chi connectivity index (χ4n) is 3.41. The molecule has 0 spiro atoms. The van der Waals surface area contributed by atoms with Gasteiger partial charge in [0.1, 0.15) is 5.75 Å². The van der Waals surface area contributed by atoms with Crippen molar-refractivity contribution < 1.29 is 27.5 Å². The third kappa shape index (κ3) is 5.73. The average Bonchev–Trinajstić information content (AvgIpc) is 3.15. The van der Waals surface area contributed by atoms with Crippen LogP contribution in [-0.4, -0.2) is 63.5 Å². The number of sulfone groups is 1. The first-order chi connectivity index (χ1) is 14.8. The zero-order valence-corrected chi connectivity index (χ0v) is 18.3. The molecular formula is C23H25NO6S. The molecule has 1 aliphatic heterocycles. The van der Waals surface area contributed by atoms with Gasteiger partial charge in [0, 0.05) is 18.7 Å². The van der Waals surface area contributed by atoms with E-state index in [1.807, 2.05) is 24.3 Å². The van der Waals surface area contributed by atoms with E-state index in [0.29, 0.717) is 23.3 Å². The number of benzene rings is 2. The Morgan fingerprint density at radius 3 is 2.42 bits per heavy atom. The van der Waals surface area contributed by atoms with Gasteiger partial charge in [-0.3, -0.25) is 4.79 Å². The number of methoxy groups -OCH3 is 1. The smallest absolute Gasteiger partial charge is 0.339 e. The SMILES string of the molecule is COc1ccccc1C=C(C(=O)OCC(=O)N(C)C1CCS(=O)(=O)C1)c1ccccc1. The molecule has 0 aliphatic carbocycles. The van der Waals surface area contributed by atoms with E-state index in [1.54, 1.807) is 43.5 Å². The first kappa shape index (κ1) is 22.6. The molecule has 1 unspecified atom stereocenters. The van der Waals surface area contributed by atoms with Crippen LogP contribution in [0.3, 0.4) is 0 Å². The van der Waals surface area contributed by atoms with Crippen LogP contribution < -0.4 is 4.74 Å². The zero-order chi connectivity index (χ0) is 22.4. The average molecular weight is 444 g/mol. The number of hydrogen-bond acceptors (Lipinski definition) is 6. The van der Waals surface area contributed by atoms with Gasteiger partial charge in [0.15, 0.2) is 16.4 Å². The summed E-state index contributed by atoms with van der Waals surface area (Å²) in [6.45, 7) is -0.470. The van der Waals surface area contributed by atoms with Gasteiger partial charge in [-0.2, -0.15) is 0 Å². The molecule has 1 heterocycles. The molecule has 8 heteroatoms. The molecular weight excluding hydrogens is 418 g/mol. The molecule has 0 N–H and O–H groups in total. The Kier molecular flexibility index (Phi) is 7.12. The van der Waals surface area contributed by atoms with Gasteiger partial charge in [0.05, 0.1) is 24.2 Å². The maximum absolute atomic E-state index is 12.9. The van der Waals surface area contributed by atoms with Crippen molar-refractivity contribution in [2.45, 2.75) is 12.5 Å². The van der Waals surface area contributed by atoms with Crippen molar-refractivity contribution in [3.05, 3.63) is 65.7 Å². The second-order valence-corrected chi connectivity index (χ2v) is 9.53. The summed E-state index contributed by atoms with van der Waals surface area (Å²) in [6.07, 6.45) is 2.05. The van der Waals surface area contributed by atoms with Gasteiger partial charge < -0.3 is 14.4 Å². The lowest BCUT2D eigenvalue weighted by Gasteiger charge is -2.23. The van der Waals surface area contributed by atoms with Crippen molar-refractivity contribution in [2.75, 3.05) is 32.3 Å². The predicted molar refractivity (Wildman–Crippen MR) is 118 cm³/mol. The van der Waals surface area contributed by atoms with Gasteiger partial charge in [0.2, 0.25) is 0 Å². The number of carbonyl (C=O) groups is 2. The predicted octanol–water partition coefficient (Wildman–Crippen LogP) is 2.42. The van der Waals surface area contributed by atoms with Crippen LogP contribution in [0.2, 0.25) is 0 Å². The van der Waals surface area contributed by atoms with E-state index >= 15 is 0 Å². The molecule has 1 amide bonds. The summed E-state index contributed by atoms with van der Waals surface area (Å²) in [5, 5.41) is 0. The lowest BCUT2D eigenvalue weighted by atomic mass is 10.0. The van der Waals surface area contributed by atoms with E-state index in [2.05, 4.69) is 0 Å². The number of ether oxygens (including phenoxy) is 2. The first-order valence-electron chi connectivity index (χ1n) is 9.84. The minimum atomic E-state index is -3.12. The van der Waals surface area contributed by atoms with Gasteiger partial charge in [-0.25, -0.2) is 13.2 Å². The van der Waals surface area contributed by atoms with Gasteiger partial charge in [-0.1, -0.05) is 48.5 Å². The molecule has 7 nitrogen and oxygen atoms in total. The van der Waals surface area contributed by atoms with Crippen LogP contribution in [0.1, 0.15) is 17.5 Å². The number of carbonyl (C=O) groups excluding carboxylic acids is 2. The van der Waals surface area contributed by atoms with E-state index in [9.17, 15) is 18.0 Å². The lowest BCUT2D eigenvalue weighted by molar-refractivity contribution is -0.147. The normalized spacial score (nSPS) is 17.7. The lowest BCUT2D eigenvalue weighted by Crippen LogP contribution is -2.40. The molecule has 0 bridgehead atoms. The third-order valence-electron chi connectivity index (χ3n) is 5.22. The summed E-state index contributed by atoms with van der Waals surface area (Å²) in [6, 6.07) is 15.9. The number of hydrogen-bond donors (Lipinski definition) is 0. The van der Waals surface area contributed by atoms with Crippen LogP contribution in [0.4, 0.5) is 0 Å². The largest absolute Gasteiger partial charge is 0.496 e. The second-order valence-electron chi connectivity index (χ2n) is 7.30. The van der Waals surface area contributed by atoms with Crippen LogP contribution in [0.5, 0.6) is 5.75 Å². The fraction of sp³-hybridized carbons (Fsp3) is 0.304. The molecule has 1 atom stereocenters. The summed E-state index contributed by atoms with van der Waals surface area (Å²) in [7, 11) is -0.0399. The number of amides is 1. The van der Waals surface area contributed by atoms with Crippen molar-refractivity contribution in [3.8, 4) is 5.75 Å². The van der Waals surface area contributed by atoms with Crippen LogP contribution in [0, 0.1) is 0 Å². The topological polar surface area (TPSA) is 90.0 Å². The Bertz CT molecular complexity index is 1080. The van der Waals surface area contributed by atoms with Crippen LogP contribution in [0.15, 0.2) is 54.6 Å². The van der Waals surface area contributed by atoms with Gasteiger partial charge in [-0.15, -0.1) is 0 Å². The highest BCUT2D eigenvalue weighted by molar-refractivity contribution is 7.91. The Balaban J connectivity index is 1.76. The summed E-state index contributed by atoms with van der Waals surface area (Å²) >= 11 is 0. The van der Waals surface area contributed by atoms with E-state index < -0.39 is 34.4 Å².